The molecule has 1 atom stereocenters. The molecule has 0 unspecified atom stereocenters. The van der Waals surface area contributed by atoms with Crippen LogP contribution in [0.3, 0.4) is 0 Å². The molecule has 5 heteroatoms. The highest BCUT2D eigenvalue weighted by Gasteiger charge is 2.26. The lowest BCUT2D eigenvalue weighted by Crippen LogP contribution is -2.39. The molecule has 0 aliphatic carbocycles. The zero-order valence-electron chi connectivity index (χ0n) is 14.5. The number of hydrogen-bond donors (Lipinski definition) is 0. The molecule has 1 amide bonds. The van der Waals surface area contributed by atoms with Gasteiger partial charge in [-0.15, -0.1) is 0 Å². The fourth-order valence-corrected chi connectivity index (χ4v) is 3.41. The van der Waals surface area contributed by atoms with Gasteiger partial charge in [0.05, 0.1) is 0 Å². The van der Waals surface area contributed by atoms with Gasteiger partial charge in [-0.25, -0.2) is 4.39 Å². The van der Waals surface area contributed by atoms with Crippen molar-refractivity contribution in [3.8, 4) is 0 Å². The van der Waals surface area contributed by atoms with Crippen molar-refractivity contribution in [1.82, 2.24) is 4.90 Å². The second-order valence-corrected chi connectivity index (χ2v) is 6.59. The first-order chi connectivity index (χ1) is 12.2. The number of likely N-dealkylation sites (tertiary alicyclic amines) is 1. The van der Waals surface area contributed by atoms with E-state index in [2.05, 4.69) is 0 Å². The summed E-state index contributed by atoms with van der Waals surface area (Å²) in [5.41, 5.74) is 0.751. The van der Waals surface area contributed by atoms with Crippen molar-refractivity contribution < 1.29 is 18.3 Å². The standard InChI is InChI=1S/C20H24FNO3/c1-24-14-17-10-11-19(25-17)20(23)22-12-4-5-15(13-22)8-9-16-6-2-3-7-18(16)21/h2-3,6-7,10-11,15H,4-5,8-9,12-14H2,1H3/t15-/m0/s1. The van der Waals surface area contributed by atoms with Gasteiger partial charge in [0.25, 0.3) is 5.91 Å². The lowest BCUT2D eigenvalue weighted by molar-refractivity contribution is 0.0629. The van der Waals surface area contributed by atoms with Gasteiger partial charge in [0.1, 0.15) is 18.2 Å². The van der Waals surface area contributed by atoms with E-state index in [1.807, 2.05) is 17.0 Å². The van der Waals surface area contributed by atoms with E-state index in [0.29, 0.717) is 37.0 Å². The Morgan fingerprint density at radius 3 is 2.96 bits per heavy atom. The SMILES string of the molecule is COCc1ccc(C(=O)N2CCC[C@@H](CCc3ccccc3F)C2)o1. The topological polar surface area (TPSA) is 42.7 Å². The molecule has 0 bridgehead atoms. The molecule has 1 fully saturated rings. The van der Waals surface area contributed by atoms with Gasteiger partial charge in [-0.1, -0.05) is 18.2 Å². The molecule has 25 heavy (non-hydrogen) atoms. The number of aryl methyl sites for hydroxylation is 1. The van der Waals surface area contributed by atoms with Gasteiger partial charge < -0.3 is 14.1 Å². The van der Waals surface area contributed by atoms with Crippen LogP contribution in [-0.4, -0.2) is 31.0 Å². The third-order valence-corrected chi connectivity index (χ3v) is 4.74. The second kappa shape index (κ2) is 8.30. The fourth-order valence-electron chi connectivity index (χ4n) is 3.41. The Morgan fingerprint density at radius 1 is 1.32 bits per heavy atom. The number of furan rings is 1. The van der Waals surface area contributed by atoms with Crippen molar-refractivity contribution in [2.24, 2.45) is 5.92 Å². The van der Waals surface area contributed by atoms with E-state index < -0.39 is 0 Å². The summed E-state index contributed by atoms with van der Waals surface area (Å²) in [7, 11) is 1.59. The number of amides is 1. The summed E-state index contributed by atoms with van der Waals surface area (Å²) in [4.78, 5) is 14.5. The highest BCUT2D eigenvalue weighted by Crippen LogP contribution is 2.24. The van der Waals surface area contributed by atoms with E-state index in [1.54, 1.807) is 25.3 Å². The number of hydrogen-bond acceptors (Lipinski definition) is 3. The molecule has 134 valence electrons. The minimum Gasteiger partial charge on any atom is -0.453 e. The number of carbonyl (C=O) groups excluding carboxylic acids is 1. The van der Waals surface area contributed by atoms with Crippen molar-refractivity contribution >= 4 is 5.91 Å². The van der Waals surface area contributed by atoms with Crippen LogP contribution in [0.5, 0.6) is 0 Å². The zero-order valence-corrected chi connectivity index (χ0v) is 14.5. The van der Waals surface area contributed by atoms with E-state index >= 15 is 0 Å². The number of methoxy groups -OCH3 is 1. The molecular formula is C20H24FNO3. The van der Waals surface area contributed by atoms with E-state index in [1.165, 1.54) is 6.07 Å². The van der Waals surface area contributed by atoms with Crippen LogP contribution in [0.1, 0.15) is 41.1 Å². The lowest BCUT2D eigenvalue weighted by Gasteiger charge is -2.32. The number of halogens is 1. The molecule has 1 aliphatic heterocycles. The number of ether oxygens (including phenoxy) is 1. The largest absolute Gasteiger partial charge is 0.453 e. The highest BCUT2D eigenvalue weighted by atomic mass is 19.1. The molecule has 0 radical (unpaired) electrons. The predicted octanol–water partition coefficient (Wildman–Crippen LogP) is 4.05. The molecule has 1 aromatic carbocycles. The molecule has 4 nitrogen and oxygen atoms in total. The zero-order chi connectivity index (χ0) is 17.6. The quantitative estimate of drug-likeness (QED) is 0.793. The summed E-state index contributed by atoms with van der Waals surface area (Å²) < 4.78 is 24.3. The highest BCUT2D eigenvalue weighted by molar-refractivity contribution is 5.91. The molecule has 2 aromatic rings. The monoisotopic (exact) mass is 345 g/mol. The Kier molecular flexibility index (Phi) is 5.87. The van der Waals surface area contributed by atoms with Crippen molar-refractivity contribution in [2.45, 2.75) is 32.3 Å². The molecular weight excluding hydrogens is 321 g/mol. The molecule has 0 spiro atoms. The van der Waals surface area contributed by atoms with Crippen molar-refractivity contribution in [3.05, 3.63) is 59.3 Å². The summed E-state index contributed by atoms with van der Waals surface area (Å²) in [6, 6.07) is 10.4. The van der Waals surface area contributed by atoms with Crippen LogP contribution in [-0.2, 0) is 17.8 Å². The number of carbonyl (C=O) groups is 1. The lowest BCUT2D eigenvalue weighted by atomic mass is 9.91. The molecule has 0 N–H and O–H groups in total. The Bertz CT molecular complexity index is 712. The summed E-state index contributed by atoms with van der Waals surface area (Å²) in [6.07, 6.45) is 3.64. The van der Waals surface area contributed by atoms with Gasteiger partial charge in [0.15, 0.2) is 5.76 Å². The van der Waals surface area contributed by atoms with Crippen molar-refractivity contribution in [3.63, 3.8) is 0 Å². The minimum absolute atomic E-state index is 0.0713. The van der Waals surface area contributed by atoms with Crippen LogP contribution in [0.2, 0.25) is 0 Å². The maximum absolute atomic E-state index is 13.7. The fraction of sp³-hybridized carbons (Fsp3) is 0.450. The molecule has 3 rings (SSSR count). The van der Waals surface area contributed by atoms with Crippen LogP contribution in [0.15, 0.2) is 40.8 Å². The minimum atomic E-state index is -0.146. The van der Waals surface area contributed by atoms with Crippen LogP contribution < -0.4 is 0 Å². The van der Waals surface area contributed by atoms with Crippen molar-refractivity contribution in [2.75, 3.05) is 20.2 Å². The summed E-state index contributed by atoms with van der Waals surface area (Å²) in [6.45, 7) is 1.81. The molecule has 0 saturated carbocycles. The van der Waals surface area contributed by atoms with E-state index in [-0.39, 0.29) is 11.7 Å². The van der Waals surface area contributed by atoms with Gasteiger partial charge in [0.2, 0.25) is 0 Å². The average Bonchev–Trinajstić information content (AvgIpc) is 3.10. The van der Waals surface area contributed by atoms with E-state index in [4.69, 9.17) is 9.15 Å². The van der Waals surface area contributed by atoms with Crippen LogP contribution >= 0.6 is 0 Å². The van der Waals surface area contributed by atoms with Gasteiger partial charge in [-0.05, 0) is 55.4 Å². The molecule has 1 saturated heterocycles. The maximum atomic E-state index is 13.7. The first kappa shape index (κ1) is 17.7. The van der Waals surface area contributed by atoms with Crippen LogP contribution in [0, 0.1) is 11.7 Å². The predicted molar refractivity (Wildman–Crippen MR) is 92.8 cm³/mol. The third kappa shape index (κ3) is 4.48. The number of nitrogens with zero attached hydrogens (tertiary/aromatic N) is 1. The van der Waals surface area contributed by atoms with Gasteiger partial charge in [-0.3, -0.25) is 4.79 Å². The Morgan fingerprint density at radius 2 is 2.16 bits per heavy atom. The van der Waals surface area contributed by atoms with Crippen LogP contribution in [0.4, 0.5) is 4.39 Å². The Hall–Kier alpha value is -2.14. The average molecular weight is 345 g/mol. The Balaban J connectivity index is 1.56. The van der Waals surface area contributed by atoms with Gasteiger partial charge in [-0.2, -0.15) is 0 Å². The number of piperidine rings is 1. The maximum Gasteiger partial charge on any atom is 0.289 e. The van der Waals surface area contributed by atoms with Gasteiger partial charge in [0, 0.05) is 20.2 Å². The first-order valence-corrected chi connectivity index (χ1v) is 8.77. The third-order valence-electron chi connectivity index (χ3n) is 4.74. The molecule has 1 aromatic heterocycles. The molecule has 1 aliphatic rings. The number of rotatable bonds is 6. The van der Waals surface area contributed by atoms with Crippen LogP contribution in [0.25, 0.3) is 0 Å². The first-order valence-electron chi connectivity index (χ1n) is 8.77. The summed E-state index contributed by atoms with van der Waals surface area (Å²) >= 11 is 0. The Labute approximate surface area is 147 Å². The second-order valence-electron chi connectivity index (χ2n) is 6.59. The molecule has 2 heterocycles. The normalized spacial score (nSPS) is 17.7. The van der Waals surface area contributed by atoms with Gasteiger partial charge >= 0.3 is 0 Å². The summed E-state index contributed by atoms with van der Waals surface area (Å²) in [5.74, 6) is 1.19. The van der Waals surface area contributed by atoms with E-state index in [0.717, 1.165) is 31.4 Å². The number of benzene rings is 1. The summed E-state index contributed by atoms with van der Waals surface area (Å²) in [5, 5.41) is 0. The van der Waals surface area contributed by atoms with E-state index in [9.17, 15) is 9.18 Å². The van der Waals surface area contributed by atoms with Crippen molar-refractivity contribution in [1.29, 1.82) is 0 Å². The smallest absolute Gasteiger partial charge is 0.289 e.